The van der Waals surface area contributed by atoms with Crippen LogP contribution in [0.1, 0.15) is 122 Å². The Hall–Kier alpha value is -5.58. The third-order valence-electron chi connectivity index (χ3n) is 17.9. The summed E-state index contributed by atoms with van der Waals surface area (Å²) in [6, 6.07) is 52.6. The summed E-state index contributed by atoms with van der Waals surface area (Å²) < 4.78 is 2.88. The van der Waals surface area contributed by atoms with Crippen LogP contribution in [0.2, 0.25) is 0 Å². The normalized spacial score (nSPS) is 21.7. The summed E-state index contributed by atoms with van der Waals surface area (Å²) in [7, 11) is 0. The van der Waals surface area contributed by atoms with Gasteiger partial charge >= 0.3 is 6.85 Å². The lowest BCUT2D eigenvalue weighted by atomic mass is 9.42. The molecule has 0 bridgehead atoms. The fourth-order valence-corrected chi connectivity index (χ4v) is 15.2. The number of nitrogens with zero attached hydrogens (tertiary/aromatic N) is 2. The zero-order chi connectivity index (χ0) is 44.9. The predicted molar refractivity (Wildman–Crippen MR) is 286 cm³/mol. The minimum Gasteiger partial charge on any atom is -0.400 e. The van der Waals surface area contributed by atoms with Crippen molar-refractivity contribution in [2.45, 2.75) is 128 Å². The van der Waals surface area contributed by atoms with Crippen molar-refractivity contribution in [2.75, 3.05) is 9.71 Å². The van der Waals surface area contributed by atoms with E-state index >= 15 is 0 Å². The molecule has 7 aromatic carbocycles. The Morgan fingerprint density at radius 3 is 2.02 bits per heavy atom. The van der Waals surface area contributed by atoms with E-state index in [9.17, 15) is 0 Å². The van der Waals surface area contributed by atoms with Gasteiger partial charge in [0.25, 0.3) is 0 Å². The molecule has 4 heterocycles. The summed E-state index contributed by atoms with van der Waals surface area (Å²) in [5, 5.41) is 2.84. The molecule has 2 unspecified atom stereocenters. The maximum Gasteiger partial charge on any atom is 0.330 e. The highest BCUT2D eigenvalue weighted by molar-refractivity contribution is 7.27. The van der Waals surface area contributed by atoms with Gasteiger partial charge < -0.3 is 9.71 Å². The quantitative estimate of drug-likeness (QED) is 0.154. The Balaban J connectivity index is 1.18. The Bertz CT molecular complexity index is 3310. The van der Waals surface area contributed by atoms with Crippen LogP contribution in [-0.4, -0.2) is 12.4 Å². The largest absolute Gasteiger partial charge is 0.400 e. The molecule has 4 heteroatoms. The molecule has 66 heavy (non-hydrogen) atoms. The third kappa shape index (κ3) is 5.48. The Labute approximate surface area is 396 Å². The van der Waals surface area contributed by atoms with E-state index < -0.39 is 0 Å². The van der Waals surface area contributed by atoms with Gasteiger partial charge in [-0.1, -0.05) is 152 Å². The topological polar surface area (TPSA) is 6.48 Å². The summed E-state index contributed by atoms with van der Waals surface area (Å²) in [6.45, 7) is 17.5. The van der Waals surface area contributed by atoms with Crippen molar-refractivity contribution in [3.05, 3.63) is 156 Å². The van der Waals surface area contributed by atoms with Crippen LogP contribution < -0.4 is 20.6 Å². The van der Waals surface area contributed by atoms with Crippen molar-refractivity contribution < 1.29 is 0 Å². The number of thiophene rings is 1. The lowest BCUT2D eigenvalue weighted by Crippen LogP contribution is -2.70. The minimum atomic E-state index is -0.0526. The molecule has 0 saturated heterocycles. The monoisotopic (exact) mass is 876 g/mol. The first-order valence-electron chi connectivity index (χ1n) is 25.1. The number of hydrogen-bond acceptors (Lipinski definition) is 3. The molecule has 1 saturated carbocycles. The maximum atomic E-state index is 3.02. The highest BCUT2D eigenvalue weighted by Gasteiger charge is 2.63. The number of hydrogen-bond donors (Lipinski definition) is 0. The first-order chi connectivity index (χ1) is 31.9. The molecule has 2 aliphatic carbocycles. The molecular formula is C62H61BN2S. The van der Waals surface area contributed by atoms with Crippen LogP contribution in [0.25, 0.3) is 53.6 Å². The molecule has 0 amide bonds. The molecule has 1 fully saturated rings. The maximum absolute atomic E-state index is 3.02. The van der Waals surface area contributed by atoms with Gasteiger partial charge in [0.05, 0.1) is 5.69 Å². The average Bonchev–Trinajstić information content (AvgIpc) is 3.81. The van der Waals surface area contributed by atoms with Crippen LogP contribution in [0.5, 0.6) is 0 Å². The summed E-state index contributed by atoms with van der Waals surface area (Å²) in [4.78, 5) is 5.74. The molecule has 0 radical (unpaired) electrons. The van der Waals surface area contributed by atoms with Gasteiger partial charge in [0.2, 0.25) is 0 Å². The van der Waals surface area contributed by atoms with Gasteiger partial charge in [-0.05, 0) is 154 Å². The van der Waals surface area contributed by atoms with Gasteiger partial charge in [0, 0.05) is 59.3 Å². The Kier molecular flexibility index (Phi) is 8.77. The van der Waals surface area contributed by atoms with Crippen LogP contribution in [0.15, 0.2) is 133 Å². The van der Waals surface area contributed by atoms with Gasteiger partial charge in [-0.15, -0.1) is 11.3 Å². The van der Waals surface area contributed by atoms with Crippen LogP contribution in [0, 0.1) is 0 Å². The highest BCUT2D eigenvalue weighted by atomic mass is 32.1. The number of fused-ring (bicyclic) bond motifs is 12. The zero-order valence-corrected chi connectivity index (χ0v) is 40.8. The zero-order valence-electron chi connectivity index (χ0n) is 39.9. The van der Waals surface area contributed by atoms with E-state index in [1.807, 2.05) is 0 Å². The van der Waals surface area contributed by atoms with E-state index in [0.717, 1.165) is 6.42 Å². The summed E-state index contributed by atoms with van der Waals surface area (Å²) in [5.74, 6) is 0. The summed E-state index contributed by atoms with van der Waals surface area (Å²) >= 11 is 2.07. The van der Waals surface area contributed by atoms with Gasteiger partial charge in [0.1, 0.15) is 0 Å². The Morgan fingerprint density at radius 1 is 0.545 bits per heavy atom. The fraction of sp³-hybridized carbons (Fsp3) is 0.323. The van der Waals surface area contributed by atoms with Crippen LogP contribution >= 0.6 is 11.3 Å². The van der Waals surface area contributed by atoms with Crippen LogP contribution in [-0.2, 0) is 22.7 Å². The fourth-order valence-electron chi connectivity index (χ4n) is 13.9. The second-order valence-corrected chi connectivity index (χ2v) is 23.5. The number of para-hydroxylation sites is 1. The SMILES string of the molecule is CCCCc1ccc(N2c3cc(-c4ccccc4)cc4c3B(c3c2ccc2c3sc3cc5c(cc32)C(C)(C)CCC5(C)C)N2c3c-4cccc3C3(C)CCCCC23C)c(-c2ccccc2)c1. The Morgan fingerprint density at radius 2 is 1.26 bits per heavy atom. The lowest BCUT2D eigenvalue weighted by Gasteiger charge is -2.55. The first kappa shape index (κ1) is 40.7. The number of unbranched alkanes of at least 4 members (excludes halogenated alkanes) is 1. The second-order valence-electron chi connectivity index (χ2n) is 22.4. The predicted octanol–water partition coefficient (Wildman–Crippen LogP) is 16.1. The number of rotatable bonds is 6. The molecule has 0 N–H and O–H groups in total. The van der Waals surface area contributed by atoms with Crippen molar-refractivity contribution in [3.63, 3.8) is 0 Å². The molecule has 2 atom stereocenters. The molecule has 3 aliphatic heterocycles. The molecule has 1 aromatic heterocycles. The molecule has 5 aliphatic rings. The lowest BCUT2D eigenvalue weighted by molar-refractivity contribution is 0.199. The molecule has 328 valence electrons. The summed E-state index contributed by atoms with van der Waals surface area (Å²) in [5.41, 5.74) is 22.5. The standard InChI is InChI=1S/C62H61BN2S/c1-8-9-19-39-26-28-51(45(34-39)41-22-14-11-15-23-41)64-52-29-27-44-46-37-49-50(60(4,5)33-32-59(49,2)3)38-54(46)66-58(44)56(52)63-55-47(35-42(36-53(55)64)40-20-12-10-13-21-40)43-24-18-25-48-57(43)65(63)62(7)31-17-16-30-61(48,62)6/h10-15,18,20-29,34-38H,8-9,16-17,19,30-33H2,1-7H3. The smallest absolute Gasteiger partial charge is 0.330 e. The van der Waals surface area contributed by atoms with Gasteiger partial charge in [-0.25, -0.2) is 0 Å². The second kappa shape index (κ2) is 14.2. The van der Waals surface area contributed by atoms with Gasteiger partial charge in [0.15, 0.2) is 0 Å². The number of aryl methyl sites for hydroxylation is 1. The first-order valence-corrected chi connectivity index (χ1v) is 25.9. The van der Waals surface area contributed by atoms with Gasteiger partial charge in [-0.2, -0.15) is 0 Å². The van der Waals surface area contributed by atoms with Crippen LogP contribution in [0.4, 0.5) is 22.7 Å². The van der Waals surface area contributed by atoms with Crippen molar-refractivity contribution in [3.8, 4) is 33.4 Å². The van der Waals surface area contributed by atoms with E-state index in [1.54, 1.807) is 16.7 Å². The molecule has 2 nitrogen and oxygen atoms in total. The van der Waals surface area contributed by atoms with E-state index in [4.69, 9.17) is 0 Å². The highest BCUT2D eigenvalue weighted by Crippen LogP contribution is 2.63. The minimum absolute atomic E-state index is 0.0391. The van der Waals surface area contributed by atoms with E-state index in [2.05, 4.69) is 203 Å². The molecule has 8 aromatic rings. The van der Waals surface area contributed by atoms with Crippen molar-refractivity contribution >= 4 is 72.0 Å². The van der Waals surface area contributed by atoms with E-state index in [0.29, 0.717) is 0 Å². The van der Waals surface area contributed by atoms with Crippen LogP contribution in [0.3, 0.4) is 0 Å². The van der Waals surface area contributed by atoms with E-state index in [-0.39, 0.29) is 28.6 Å². The van der Waals surface area contributed by atoms with Crippen molar-refractivity contribution in [1.82, 2.24) is 0 Å². The summed E-state index contributed by atoms with van der Waals surface area (Å²) in [6.07, 6.45) is 10.8. The number of anilines is 4. The average molecular weight is 877 g/mol. The third-order valence-corrected chi connectivity index (χ3v) is 19.1. The molecule has 13 rings (SSSR count). The van der Waals surface area contributed by atoms with Crippen molar-refractivity contribution in [1.29, 1.82) is 0 Å². The van der Waals surface area contributed by atoms with Gasteiger partial charge in [-0.3, -0.25) is 0 Å². The molecule has 0 spiro atoms. The van der Waals surface area contributed by atoms with E-state index in [1.165, 1.54) is 144 Å². The molecular weight excluding hydrogens is 816 g/mol. The van der Waals surface area contributed by atoms with Crippen molar-refractivity contribution in [2.24, 2.45) is 0 Å². The number of benzene rings is 7.